The van der Waals surface area contributed by atoms with E-state index in [1.54, 1.807) is 8.99 Å². The second-order valence-corrected chi connectivity index (χ2v) is 8.79. The van der Waals surface area contributed by atoms with Crippen LogP contribution in [0.4, 0.5) is 5.95 Å². The molecule has 1 aromatic heterocycles. The summed E-state index contributed by atoms with van der Waals surface area (Å²) in [7, 11) is -3.10. The molecule has 4 rings (SSSR count). The van der Waals surface area contributed by atoms with Gasteiger partial charge >= 0.3 is 0 Å². The van der Waals surface area contributed by atoms with Gasteiger partial charge in [0.25, 0.3) is 0 Å². The highest BCUT2D eigenvalue weighted by molar-refractivity contribution is 7.89. The van der Waals surface area contributed by atoms with Crippen LogP contribution in [0.2, 0.25) is 0 Å². The summed E-state index contributed by atoms with van der Waals surface area (Å²) in [6, 6.07) is 8.03. The van der Waals surface area contributed by atoms with Gasteiger partial charge in [-0.05, 0) is 48.7 Å². The molecular formula is C16H22N6O2S. The van der Waals surface area contributed by atoms with Gasteiger partial charge in [-0.15, -0.1) is 0 Å². The first kappa shape index (κ1) is 16.5. The third kappa shape index (κ3) is 3.13. The van der Waals surface area contributed by atoms with Crippen LogP contribution in [0.5, 0.6) is 0 Å². The lowest BCUT2D eigenvalue weighted by molar-refractivity contribution is 0.297. The van der Waals surface area contributed by atoms with E-state index in [4.69, 9.17) is 0 Å². The van der Waals surface area contributed by atoms with Gasteiger partial charge in [0.2, 0.25) is 16.0 Å². The fraction of sp³-hybridized carbons (Fsp3) is 0.562. The maximum Gasteiger partial charge on any atom is 0.250 e. The van der Waals surface area contributed by atoms with Crippen LogP contribution >= 0.6 is 0 Å². The first-order chi connectivity index (χ1) is 12.0. The molecule has 0 radical (unpaired) electrons. The highest BCUT2D eigenvalue weighted by atomic mass is 32.2. The number of aromatic nitrogens is 4. The van der Waals surface area contributed by atoms with Crippen molar-refractivity contribution < 1.29 is 8.42 Å². The fourth-order valence-electron chi connectivity index (χ4n) is 3.67. The minimum Gasteiger partial charge on any atom is -0.338 e. The van der Waals surface area contributed by atoms with Gasteiger partial charge < -0.3 is 4.90 Å². The van der Waals surface area contributed by atoms with Crippen LogP contribution < -0.4 is 4.90 Å². The number of benzene rings is 1. The third-order valence-corrected chi connectivity index (χ3v) is 6.96. The number of sulfonamides is 1. The number of aryl methyl sites for hydroxylation is 1. The Morgan fingerprint density at radius 3 is 2.64 bits per heavy atom. The van der Waals surface area contributed by atoms with Crippen LogP contribution in [-0.2, 0) is 10.0 Å². The molecule has 0 N–H and O–H groups in total. The van der Waals surface area contributed by atoms with Gasteiger partial charge in [0, 0.05) is 25.7 Å². The monoisotopic (exact) mass is 362 g/mol. The molecule has 1 unspecified atom stereocenters. The van der Waals surface area contributed by atoms with Crippen molar-refractivity contribution in [2.24, 2.45) is 0 Å². The first-order valence-corrected chi connectivity index (χ1v) is 10.3. The van der Waals surface area contributed by atoms with Crippen molar-refractivity contribution >= 4 is 16.0 Å². The van der Waals surface area contributed by atoms with Crippen LogP contribution in [-0.4, -0.2) is 64.4 Å². The van der Waals surface area contributed by atoms with E-state index >= 15 is 0 Å². The summed E-state index contributed by atoms with van der Waals surface area (Å²) < 4.78 is 27.9. The van der Waals surface area contributed by atoms with Crippen molar-refractivity contribution in [3.8, 4) is 5.69 Å². The molecule has 2 fully saturated rings. The minimum atomic E-state index is -3.10. The number of rotatable bonds is 3. The Bertz CT molecular complexity index is 848. The van der Waals surface area contributed by atoms with Crippen LogP contribution in [0.3, 0.4) is 0 Å². The predicted octanol–water partition coefficient (Wildman–Crippen LogP) is 0.975. The summed E-state index contributed by atoms with van der Waals surface area (Å²) in [4.78, 5) is 2.10. The summed E-state index contributed by atoms with van der Waals surface area (Å²) in [5, 5.41) is 12.2. The molecule has 0 bridgehead atoms. The second-order valence-electron chi connectivity index (χ2n) is 6.75. The molecule has 134 valence electrons. The summed E-state index contributed by atoms with van der Waals surface area (Å²) in [5.41, 5.74) is 2.08. The Morgan fingerprint density at radius 2 is 1.92 bits per heavy atom. The lowest BCUT2D eigenvalue weighted by atomic mass is 10.1. The van der Waals surface area contributed by atoms with E-state index in [0.717, 1.165) is 31.5 Å². The lowest BCUT2D eigenvalue weighted by Gasteiger charge is -2.36. The van der Waals surface area contributed by atoms with Crippen molar-refractivity contribution in [2.75, 3.05) is 30.3 Å². The third-order valence-electron chi connectivity index (χ3n) is 4.96. The number of hydrogen-bond acceptors (Lipinski definition) is 6. The van der Waals surface area contributed by atoms with Gasteiger partial charge in [-0.2, -0.15) is 8.99 Å². The van der Waals surface area contributed by atoms with E-state index < -0.39 is 10.0 Å². The van der Waals surface area contributed by atoms with Gasteiger partial charge in [-0.25, -0.2) is 8.42 Å². The average molecular weight is 362 g/mol. The number of tetrazole rings is 1. The predicted molar refractivity (Wildman–Crippen MR) is 94.2 cm³/mol. The van der Waals surface area contributed by atoms with E-state index in [0.29, 0.717) is 19.0 Å². The summed E-state index contributed by atoms with van der Waals surface area (Å²) in [6.07, 6.45) is 2.54. The first-order valence-electron chi connectivity index (χ1n) is 8.64. The van der Waals surface area contributed by atoms with Crippen molar-refractivity contribution in [3.05, 3.63) is 29.8 Å². The number of anilines is 1. The number of nitrogens with zero attached hydrogens (tertiary/aromatic N) is 6. The van der Waals surface area contributed by atoms with Crippen LogP contribution in [0, 0.1) is 6.92 Å². The Labute approximate surface area is 147 Å². The quantitative estimate of drug-likeness (QED) is 0.809. The van der Waals surface area contributed by atoms with Gasteiger partial charge in [-0.1, -0.05) is 22.8 Å². The molecule has 0 saturated carbocycles. The van der Waals surface area contributed by atoms with Gasteiger partial charge in [0.05, 0.1) is 11.4 Å². The Balaban J connectivity index is 1.58. The van der Waals surface area contributed by atoms with Crippen molar-refractivity contribution in [2.45, 2.75) is 32.2 Å². The van der Waals surface area contributed by atoms with E-state index in [9.17, 15) is 8.42 Å². The molecule has 1 aromatic carbocycles. The standard InChI is InChI=1S/C16H22N6O2S/c1-13-5-7-14(8-6-13)22-16(17-18-19-22)20-9-2-4-15(12-20)21-10-3-11-25(21,23)24/h5-8,15H,2-4,9-12H2,1H3. The Morgan fingerprint density at radius 1 is 1.12 bits per heavy atom. The van der Waals surface area contributed by atoms with Crippen molar-refractivity contribution in [1.29, 1.82) is 0 Å². The summed E-state index contributed by atoms with van der Waals surface area (Å²) >= 11 is 0. The molecule has 2 aromatic rings. The van der Waals surface area contributed by atoms with Crippen LogP contribution in [0.1, 0.15) is 24.8 Å². The minimum absolute atomic E-state index is 0.00409. The topological polar surface area (TPSA) is 84.2 Å². The molecule has 2 aliphatic heterocycles. The van der Waals surface area contributed by atoms with Crippen molar-refractivity contribution in [1.82, 2.24) is 24.5 Å². The Kier molecular flexibility index (Phi) is 4.20. The number of piperidine rings is 1. The molecule has 1 atom stereocenters. The van der Waals surface area contributed by atoms with E-state index in [2.05, 4.69) is 20.4 Å². The maximum absolute atomic E-state index is 12.2. The molecule has 2 saturated heterocycles. The van der Waals surface area contributed by atoms with Gasteiger partial charge in [0.15, 0.2) is 0 Å². The summed E-state index contributed by atoms with van der Waals surface area (Å²) in [5.74, 6) is 0.940. The zero-order valence-corrected chi connectivity index (χ0v) is 15.1. The van der Waals surface area contributed by atoms with Crippen LogP contribution in [0.25, 0.3) is 5.69 Å². The molecule has 9 heteroatoms. The largest absolute Gasteiger partial charge is 0.338 e. The molecule has 8 nitrogen and oxygen atoms in total. The second kappa shape index (κ2) is 6.38. The highest BCUT2D eigenvalue weighted by Gasteiger charge is 2.37. The van der Waals surface area contributed by atoms with E-state index in [1.165, 1.54) is 5.56 Å². The fourth-order valence-corrected chi connectivity index (χ4v) is 5.43. The molecule has 2 aliphatic rings. The zero-order chi connectivity index (χ0) is 17.4. The number of hydrogen-bond donors (Lipinski definition) is 0. The smallest absolute Gasteiger partial charge is 0.250 e. The normalized spacial score (nSPS) is 23.9. The average Bonchev–Trinajstić information content (AvgIpc) is 3.22. The lowest BCUT2D eigenvalue weighted by Crippen LogP contribution is -2.49. The molecule has 0 spiro atoms. The SMILES string of the molecule is Cc1ccc(-n2nnnc2N2CCCC(N3CCCS3(=O)=O)C2)cc1. The van der Waals surface area contributed by atoms with Crippen molar-refractivity contribution in [3.63, 3.8) is 0 Å². The molecule has 3 heterocycles. The molecule has 0 aliphatic carbocycles. The molecular weight excluding hydrogens is 340 g/mol. The van der Waals surface area contributed by atoms with Crippen LogP contribution in [0.15, 0.2) is 24.3 Å². The molecule has 25 heavy (non-hydrogen) atoms. The van der Waals surface area contributed by atoms with Gasteiger partial charge in [0.1, 0.15) is 0 Å². The Hall–Kier alpha value is -2.00. The van der Waals surface area contributed by atoms with E-state index in [-0.39, 0.29) is 11.8 Å². The highest BCUT2D eigenvalue weighted by Crippen LogP contribution is 2.26. The summed E-state index contributed by atoms with van der Waals surface area (Å²) in [6.45, 7) is 4.13. The zero-order valence-electron chi connectivity index (χ0n) is 14.2. The molecule has 0 amide bonds. The van der Waals surface area contributed by atoms with Gasteiger partial charge in [-0.3, -0.25) is 0 Å². The van der Waals surface area contributed by atoms with E-state index in [1.807, 2.05) is 31.2 Å². The maximum atomic E-state index is 12.2.